The number of para-hydroxylation sites is 1. The fraction of sp³-hybridized carbons (Fsp3) is 0.316. The number of carbonyl (C=O) groups excluding carboxylic acids is 1. The standard InChI is InChI=1S/C19H21N5O2/c1-3-26-18(25)17-15-13-22(2)11-9-16(15)24(21-17)19-20-10-12-23(19)14-7-5-4-6-8-14/h4-8,10,12H,3,9,11,13H2,1-2H3. The molecule has 134 valence electrons. The van der Waals surface area contributed by atoms with Gasteiger partial charge in [0.25, 0.3) is 0 Å². The smallest absolute Gasteiger partial charge is 0.359 e. The van der Waals surface area contributed by atoms with Gasteiger partial charge in [0, 0.05) is 43.2 Å². The molecule has 7 nitrogen and oxygen atoms in total. The normalized spacial score (nSPS) is 14.2. The van der Waals surface area contributed by atoms with Crippen molar-refractivity contribution in [1.29, 1.82) is 0 Å². The van der Waals surface area contributed by atoms with Crippen LogP contribution in [0.15, 0.2) is 42.7 Å². The number of hydrogen-bond donors (Lipinski definition) is 0. The summed E-state index contributed by atoms with van der Waals surface area (Å²) < 4.78 is 8.98. The van der Waals surface area contributed by atoms with Gasteiger partial charge in [-0.25, -0.2) is 14.5 Å². The first-order valence-corrected chi connectivity index (χ1v) is 8.74. The van der Waals surface area contributed by atoms with E-state index in [1.54, 1.807) is 17.8 Å². The van der Waals surface area contributed by atoms with E-state index in [1.807, 2.05) is 48.1 Å². The van der Waals surface area contributed by atoms with Gasteiger partial charge in [0.1, 0.15) is 0 Å². The predicted octanol–water partition coefficient (Wildman–Crippen LogP) is 2.22. The molecule has 0 N–H and O–H groups in total. The van der Waals surface area contributed by atoms with Crippen molar-refractivity contribution in [3.8, 4) is 11.6 Å². The first kappa shape index (κ1) is 16.5. The van der Waals surface area contributed by atoms with Crippen LogP contribution in [0, 0.1) is 0 Å². The van der Waals surface area contributed by atoms with Crippen LogP contribution in [0.1, 0.15) is 28.7 Å². The summed E-state index contributed by atoms with van der Waals surface area (Å²) in [6, 6.07) is 9.97. The number of rotatable bonds is 4. The summed E-state index contributed by atoms with van der Waals surface area (Å²) in [5.74, 6) is 0.295. The third-order valence-electron chi connectivity index (χ3n) is 4.56. The summed E-state index contributed by atoms with van der Waals surface area (Å²) in [5.41, 5.74) is 3.33. The van der Waals surface area contributed by atoms with Gasteiger partial charge in [-0.1, -0.05) is 18.2 Å². The molecule has 0 aliphatic carbocycles. The summed E-state index contributed by atoms with van der Waals surface area (Å²) >= 11 is 0. The Morgan fingerprint density at radius 3 is 2.85 bits per heavy atom. The van der Waals surface area contributed by atoms with Crippen LogP contribution in [-0.2, 0) is 17.7 Å². The molecule has 0 unspecified atom stereocenters. The second kappa shape index (κ2) is 6.76. The molecular weight excluding hydrogens is 330 g/mol. The van der Waals surface area contributed by atoms with E-state index in [-0.39, 0.29) is 5.97 Å². The Kier molecular flexibility index (Phi) is 4.30. The molecule has 0 radical (unpaired) electrons. The van der Waals surface area contributed by atoms with Crippen LogP contribution in [-0.4, -0.2) is 50.4 Å². The van der Waals surface area contributed by atoms with Crippen LogP contribution in [0.3, 0.4) is 0 Å². The predicted molar refractivity (Wildman–Crippen MR) is 96.7 cm³/mol. The average Bonchev–Trinajstić information content (AvgIpc) is 3.26. The lowest BCUT2D eigenvalue weighted by Gasteiger charge is -2.23. The quantitative estimate of drug-likeness (QED) is 0.675. The van der Waals surface area contributed by atoms with Crippen LogP contribution in [0.25, 0.3) is 11.6 Å². The van der Waals surface area contributed by atoms with Gasteiger partial charge in [0.15, 0.2) is 5.69 Å². The number of imidazole rings is 1. The minimum Gasteiger partial charge on any atom is -0.461 e. The highest BCUT2D eigenvalue weighted by Crippen LogP contribution is 2.26. The highest BCUT2D eigenvalue weighted by atomic mass is 16.5. The zero-order valence-corrected chi connectivity index (χ0v) is 14.9. The van der Waals surface area contributed by atoms with E-state index in [0.29, 0.717) is 24.8 Å². The number of esters is 1. The van der Waals surface area contributed by atoms with E-state index in [9.17, 15) is 4.79 Å². The molecular formula is C19H21N5O2. The summed E-state index contributed by atoms with van der Waals surface area (Å²) in [4.78, 5) is 19.1. The molecule has 0 amide bonds. The van der Waals surface area contributed by atoms with Crippen LogP contribution >= 0.6 is 0 Å². The van der Waals surface area contributed by atoms with Crippen LogP contribution < -0.4 is 0 Å². The van der Waals surface area contributed by atoms with E-state index in [0.717, 1.165) is 29.9 Å². The van der Waals surface area contributed by atoms with Crippen LogP contribution in [0.4, 0.5) is 0 Å². The topological polar surface area (TPSA) is 65.2 Å². The fourth-order valence-electron chi connectivity index (χ4n) is 3.33. The largest absolute Gasteiger partial charge is 0.461 e. The number of aromatic nitrogens is 4. The highest BCUT2D eigenvalue weighted by Gasteiger charge is 2.29. The summed E-state index contributed by atoms with van der Waals surface area (Å²) in [7, 11) is 2.04. The number of ether oxygens (including phenoxy) is 1. The molecule has 1 aliphatic rings. The number of likely N-dealkylation sites (N-methyl/N-ethyl adjacent to an activating group) is 1. The number of carbonyl (C=O) groups is 1. The molecule has 3 heterocycles. The molecule has 0 bridgehead atoms. The fourth-order valence-corrected chi connectivity index (χ4v) is 3.33. The van der Waals surface area contributed by atoms with Gasteiger partial charge in [-0.2, -0.15) is 5.10 Å². The van der Waals surface area contributed by atoms with Crippen molar-refractivity contribution in [3.63, 3.8) is 0 Å². The van der Waals surface area contributed by atoms with Gasteiger partial charge in [0.2, 0.25) is 5.95 Å². The second-order valence-corrected chi connectivity index (χ2v) is 6.33. The van der Waals surface area contributed by atoms with Crippen molar-refractivity contribution >= 4 is 5.97 Å². The van der Waals surface area contributed by atoms with Crippen LogP contribution in [0.5, 0.6) is 0 Å². The third-order valence-corrected chi connectivity index (χ3v) is 4.56. The number of hydrogen-bond acceptors (Lipinski definition) is 5. The Morgan fingerprint density at radius 1 is 1.27 bits per heavy atom. The van der Waals surface area contributed by atoms with E-state index in [2.05, 4.69) is 15.0 Å². The third kappa shape index (κ3) is 2.80. The molecule has 0 spiro atoms. The molecule has 4 rings (SSSR count). The summed E-state index contributed by atoms with van der Waals surface area (Å²) in [6.45, 7) is 3.72. The van der Waals surface area contributed by atoms with E-state index in [4.69, 9.17) is 4.74 Å². The molecule has 0 saturated heterocycles. The molecule has 2 aromatic heterocycles. The summed E-state index contributed by atoms with van der Waals surface area (Å²) in [6.07, 6.45) is 4.45. The van der Waals surface area contributed by atoms with Crippen molar-refractivity contribution in [2.45, 2.75) is 19.9 Å². The van der Waals surface area contributed by atoms with Gasteiger partial charge in [-0.05, 0) is 26.1 Å². The lowest BCUT2D eigenvalue weighted by Crippen LogP contribution is -2.28. The first-order valence-electron chi connectivity index (χ1n) is 8.74. The Labute approximate surface area is 151 Å². The number of nitrogens with zero attached hydrogens (tertiary/aromatic N) is 5. The zero-order chi connectivity index (χ0) is 18.1. The Bertz CT molecular complexity index is 929. The molecule has 7 heteroatoms. The summed E-state index contributed by atoms with van der Waals surface area (Å²) in [5, 5.41) is 4.61. The minimum absolute atomic E-state index is 0.328. The molecule has 1 aromatic carbocycles. The van der Waals surface area contributed by atoms with Crippen molar-refractivity contribution in [3.05, 3.63) is 59.7 Å². The lowest BCUT2D eigenvalue weighted by molar-refractivity contribution is 0.0516. The molecule has 1 aliphatic heterocycles. The molecule has 0 atom stereocenters. The highest BCUT2D eigenvalue weighted by molar-refractivity contribution is 5.89. The first-order chi connectivity index (χ1) is 12.7. The van der Waals surface area contributed by atoms with E-state index in [1.165, 1.54) is 0 Å². The maximum Gasteiger partial charge on any atom is 0.359 e. The molecule has 26 heavy (non-hydrogen) atoms. The molecule has 0 saturated carbocycles. The molecule has 3 aromatic rings. The average molecular weight is 351 g/mol. The van der Waals surface area contributed by atoms with Crippen LogP contribution in [0.2, 0.25) is 0 Å². The van der Waals surface area contributed by atoms with E-state index < -0.39 is 0 Å². The molecule has 0 fully saturated rings. The van der Waals surface area contributed by atoms with Gasteiger partial charge in [0.05, 0.1) is 12.3 Å². The van der Waals surface area contributed by atoms with Gasteiger partial charge in [-0.15, -0.1) is 0 Å². The Morgan fingerprint density at radius 2 is 2.08 bits per heavy atom. The Balaban J connectivity index is 1.85. The SMILES string of the molecule is CCOC(=O)c1nn(-c2nccn2-c2ccccc2)c2c1CN(C)CC2. The zero-order valence-electron chi connectivity index (χ0n) is 14.9. The van der Waals surface area contributed by atoms with Crippen molar-refractivity contribution in [2.24, 2.45) is 0 Å². The monoisotopic (exact) mass is 351 g/mol. The lowest BCUT2D eigenvalue weighted by atomic mass is 10.1. The number of fused-ring (bicyclic) bond motifs is 1. The van der Waals surface area contributed by atoms with Crippen molar-refractivity contribution in [1.82, 2.24) is 24.2 Å². The number of benzene rings is 1. The van der Waals surface area contributed by atoms with E-state index >= 15 is 0 Å². The maximum absolute atomic E-state index is 12.4. The van der Waals surface area contributed by atoms with Gasteiger partial charge in [-0.3, -0.25) is 4.57 Å². The maximum atomic E-state index is 12.4. The second-order valence-electron chi connectivity index (χ2n) is 6.33. The van der Waals surface area contributed by atoms with Crippen molar-refractivity contribution < 1.29 is 9.53 Å². The van der Waals surface area contributed by atoms with Gasteiger partial charge >= 0.3 is 5.97 Å². The minimum atomic E-state index is -0.379. The van der Waals surface area contributed by atoms with Gasteiger partial charge < -0.3 is 9.64 Å². The Hall–Kier alpha value is -2.93. The van der Waals surface area contributed by atoms with Crippen molar-refractivity contribution in [2.75, 3.05) is 20.2 Å².